The molecule has 1 amide bonds. The maximum atomic E-state index is 14.0. The molecule has 1 unspecified atom stereocenters. The fourth-order valence-corrected chi connectivity index (χ4v) is 6.01. The lowest BCUT2D eigenvalue weighted by molar-refractivity contribution is -0.125. The number of hydrogen-bond acceptors (Lipinski definition) is 3. The van der Waals surface area contributed by atoms with Crippen molar-refractivity contribution in [2.45, 2.75) is 43.8 Å². The van der Waals surface area contributed by atoms with E-state index in [1.54, 1.807) is 0 Å². The zero-order valence-electron chi connectivity index (χ0n) is 16.9. The Morgan fingerprint density at radius 3 is 2.57 bits per heavy atom. The average Bonchev–Trinajstić information content (AvgIpc) is 3.68. The van der Waals surface area contributed by atoms with Crippen LogP contribution in [-0.4, -0.2) is 42.0 Å². The van der Waals surface area contributed by atoms with Gasteiger partial charge < -0.3 is 9.80 Å². The number of nitrogens with zero attached hydrogens (tertiary/aromatic N) is 3. The number of para-hydroxylation sites is 2. The number of amides is 1. The van der Waals surface area contributed by atoms with Crippen molar-refractivity contribution in [3.8, 4) is 0 Å². The van der Waals surface area contributed by atoms with Crippen molar-refractivity contribution in [2.24, 2.45) is 5.92 Å². The number of hydrogen-bond donors (Lipinski definition) is 0. The molecule has 2 aromatic rings. The van der Waals surface area contributed by atoms with Crippen molar-refractivity contribution in [2.75, 3.05) is 29.4 Å². The molecule has 0 spiro atoms. The van der Waals surface area contributed by atoms with Crippen molar-refractivity contribution in [1.29, 1.82) is 0 Å². The monoisotopic (exact) mass is 441 g/mol. The lowest BCUT2D eigenvalue weighted by atomic mass is 10.1. The molecule has 3 fully saturated rings. The normalized spacial score (nSPS) is 27.7. The van der Waals surface area contributed by atoms with Crippen LogP contribution in [0.3, 0.4) is 0 Å². The molecule has 0 bridgehead atoms. The first-order valence-corrected chi connectivity index (χ1v) is 11.7. The van der Waals surface area contributed by atoms with Crippen molar-refractivity contribution < 1.29 is 4.79 Å². The van der Waals surface area contributed by atoms with E-state index in [0.717, 1.165) is 48.7 Å². The minimum absolute atomic E-state index is 0.269. The van der Waals surface area contributed by atoms with E-state index in [2.05, 4.69) is 39.0 Å². The number of fused-ring (bicyclic) bond motifs is 2. The smallest absolute Gasteiger partial charge is 0.247 e. The van der Waals surface area contributed by atoms with Gasteiger partial charge in [-0.3, -0.25) is 9.69 Å². The summed E-state index contributed by atoms with van der Waals surface area (Å²) in [6.07, 6.45) is 4.56. The van der Waals surface area contributed by atoms with Crippen LogP contribution in [0.25, 0.3) is 0 Å². The molecule has 156 valence electrons. The first kappa shape index (κ1) is 19.0. The van der Waals surface area contributed by atoms with E-state index in [1.807, 2.05) is 18.2 Å². The number of piperidine rings is 1. The second-order valence-corrected chi connectivity index (χ2v) is 9.98. The fourth-order valence-electron chi connectivity index (χ4n) is 5.64. The Kier molecular flexibility index (Phi) is 4.35. The molecule has 2 aliphatic carbocycles. The summed E-state index contributed by atoms with van der Waals surface area (Å²) in [5.41, 5.74) is 2.92. The van der Waals surface area contributed by atoms with E-state index in [-0.39, 0.29) is 11.4 Å². The largest absolute Gasteiger partial charge is 0.365 e. The zero-order valence-corrected chi connectivity index (χ0v) is 18.4. The summed E-state index contributed by atoms with van der Waals surface area (Å²) in [4.78, 5) is 20.9. The highest BCUT2D eigenvalue weighted by Crippen LogP contribution is 2.58. The third kappa shape index (κ3) is 2.88. The molecular formula is C24H25Cl2N3O. The summed E-state index contributed by atoms with van der Waals surface area (Å²) in [5.74, 6) is 0.725. The predicted octanol–water partition coefficient (Wildman–Crippen LogP) is 4.97. The summed E-state index contributed by atoms with van der Waals surface area (Å²) in [6, 6.07) is 14.7. The second kappa shape index (κ2) is 6.88. The van der Waals surface area contributed by atoms with Crippen LogP contribution in [0.4, 0.5) is 11.4 Å². The molecule has 2 aromatic carbocycles. The summed E-state index contributed by atoms with van der Waals surface area (Å²) in [6.45, 7) is 3.30. The number of halogens is 2. The van der Waals surface area contributed by atoms with E-state index in [4.69, 9.17) is 23.2 Å². The Morgan fingerprint density at radius 2 is 1.80 bits per heavy atom. The van der Waals surface area contributed by atoms with Gasteiger partial charge in [0.25, 0.3) is 0 Å². The number of carbonyl (C=O) groups is 1. The van der Waals surface area contributed by atoms with E-state index in [9.17, 15) is 4.79 Å². The van der Waals surface area contributed by atoms with Gasteiger partial charge in [-0.25, -0.2) is 0 Å². The van der Waals surface area contributed by atoms with Crippen LogP contribution in [0.5, 0.6) is 0 Å². The molecule has 6 heteroatoms. The lowest BCUT2D eigenvalue weighted by Crippen LogP contribution is -2.53. The molecule has 0 aromatic heterocycles. The highest BCUT2D eigenvalue weighted by molar-refractivity contribution is 6.33. The van der Waals surface area contributed by atoms with Crippen LogP contribution in [-0.2, 0) is 11.3 Å². The van der Waals surface area contributed by atoms with Crippen LogP contribution in [0.2, 0.25) is 10.0 Å². The number of rotatable bonds is 4. The van der Waals surface area contributed by atoms with Gasteiger partial charge in [-0.2, -0.15) is 0 Å². The summed E-state index contributed by atoms with van der Waals surface area (Å²) in [5, 5.41) is 1.40. The molecule has 2 aliphatic heterocycles. The molecule has 2 heterocycles. The summed E-state index contributed by atoms with van der Waals surface area (Å²) < 4.78 is 0. The average molecular weight is 442 g/mol. The highest BCUT2D eigenvalue weighted by atomic mass is 35.5. The van der Waals surface area contributed by atoms with Gasteiger partial charge in [0.2, 0.25) is 5.91 Å². The first-order valence-electron chi connectivity index (χ1n) is 10.9. The van der Waals surface area contributed by atoms with Gasteiger partial charge in [-0.05, 0) is 74.0 Å². The van der Waals surface area contributed by atoms with E-state index in [1.165, 1.54) is 18.5 Å². The topological polar surface area (TPSA) is 26.8 Å². The third-order valence-corrected chi connectivity index (χ3v) is 8.01. The molecule has 0 radical (unpaired) electrons. The van der Waals surface area contributed by atoms with Crippen molar-refractivity contribution in [3.63, 3.8) is 0 Å². The number of anilines is 2. The van der Waals surface area contributed by atoms with Gasteiger partial charge in [0.1, 0.15) is 5.54 Å². The van der Waals surface area contributed by atoms with Crippen molar-refractivity contribution in [3.05, 3.63) is 58.1 Å². The van der Waals surface area contributed by atoms with Gasteiger partial charge in [0.15, 0.2) is 0 Å². The predicted molar refractivity (Wildman–Crippen MR) is 121 cm³/mol. The van der Waals surface area contributed by atoms with Crippen LogP contribution < -0.4 is 9.80 Å². The minimum atomic E-state index is -0.374. The fraction of sp³-hybridized carbons (Fsp3) is 0.458. The molecule has 6 rings (SSSR count). The van der Waals surface area contributed by atoms with Crippen molar-refractivity contribution in [1.82, 2.24) is 4.90 Å². The lowest BCUT2D eigenvalue weighted by Gasteiger charge is -2.40. The Balaban J connectivity index is 1.30. The van der Waals surface area contributed by atoms with E-state index >= 15 is 0 Å². The molecule has 2 atom stereocenters. The standard InChI is InChI=1S/C24H25Cl2N3O/c25-18-5-8-20(26)16(13-18)15-27-10-9-17-14-24(17,27)23(30)29-12-11-28(19-6-7-19)21-3-1-2-4-22(21)29/h1-5,8,13,17,19H,6-7,9-12,14-15H2/t17?,24-/m0/s1. The van der Waals surface area contributed by atoms with E-state index < -0.39 is 0 Å². The van der Waals surface area contributed by atoms with Gasteiger partial charge in [0.05, 0.1) is 11.4 Å². The van der Waals surface area contributed by atoms with Gasteiger partial charge >= 0.3 is 0 Å². The highest BCUT2D eigenvalue weighted by Gasteiger charge is 2.68. The number of likely N-dealkylation sites (tertiary alicyclic amines) is 1. The molecule has 2 saturated carbocycles. The molecule has 4 nitrogen and oxygen atoms in total. The number of benzene rings is 2. The molecule has 30 heavy (non-hydrogen) atoms. The summed E-state index contributed by atoms with van der Waals surface area (Å²) in [7, 11) is 0. The van der Waals surface area contributed by atoms with Crippen LogP contribution in [0, 0.1) is 5.92 Å². The van der Waals surface area contributed by atoms with Crippen molar-refractivity contribution >= 4 is 40.5 Å². The van der Waals surface area contributed by atoms with Crippen LogP contribution in [0.15, 0.2) is 42.5 Å². The maximum Gasteiger partial charge on any atom is 0.247 e. The maximum absolute atomic E-state index is 14.0. The molecule has 1 saturated heterocycles. The number of carbonyl (C=O) groups excluding carboxylic acids is 1. The second-order valence-electron chi connectivity index (χ2n) is 9.14. The Morgan fingerprint density at radius 1 is 1.00 bits per heavy atom. The van der Waals surface area contributed by atoms with Gasteiger partial charge in [-0.1, -0.05) is 35.3 Å². The molecule has 4 aliphatic rings. The third-order valence-electron chi connectivity index (χ3n) is 7.40. The Hall–Kier alpha value is -1.75. The van der Waals surface area contributed by atoms with Gasteiger partial charge in [0, 0.05) is 35.7 Å². The Bertz CT molecular complexity index is 1020. The summed E-state index contributed by atoms with van der Waals surface area (Å²) >= 11 is 12.7. The van der Waals surface area contributed by atoms with Crippen LogP contribution in [0.1, 0.15) is 31.2 Å². The van der Waals surface area contributed by atoms with E-state index in [0.29, 0.717) is 23.5 Å². The minimum Gasteiger partial charge on any atom is -0.365 e. The molecular weight excluding hydrogens is 417 g/mol. The first-order chi connectivity index (χ1) is 14.6. The van der Waals surface area contributed by atoms with Gasteiger partial charge in [-0.15, -0.1) is 0 Å². The molecule has 0 N–H and O–H groups in total. The zero-order chi connectivity index (χ0) is 20.5. The SMILES string of the molecule is O=C(N1CCN(C2CC2)c2ccccc21)[C@]12CC1CCN2Cc1cc(Cl)ccc1Cl. The Labute approximate surface area is 187 Å². The van der Waals surface area contributed by atoms with Crippen LogP contribution >= 0.6 is 23.2 Å². The quantitative estimate of drug-likeness (QED) is 0.669.